The number of aromatic nitrogens is 3. The zero-order valence-corrected chi connectivity index (χ0v) is 17.2. The Morgan fingerprint density at radius 3 is 2.60 bits per heavy atom. The van der Waals surface area contributed by atoms with Crippen molar-refractivity contribution in [1.82, 2.24) is 14.8 Å². The van der Waals surface area contributed by atoms with Crippen LogP contribution in [0.1, 0.15) is 23.0 Å². The maximum atomic E-state index is 12.7. The van der Waals surface area contributed by atoms with Crippen molar-refractivity contribution in [3.8, 4) is 16.3 Å². The van der Waals surface area contributed by atoms with Crippen LogP contribution in [0.5, 0.6) is 0 Å². The maximum absolute atomic E-state index is 12.7. The van der Waals surface area contributed by atoms with E-state index < -0.39 is 0 Å². The van der Waals surface area contributed by atoms with Gasteiger partial charge >= 0.3 is 0 Å². The smallest absolute Gasteiger partial charge is 0.275 e. The van der Waals surface area contributed by atoms with Crippen LogP contribution in [0.25, 0.3) is 16.3 Å². The van der Waals surface area contributed by atoms with Crippen molar-refractivity contribution in [3.63, 3.8) is 0 Å². The first kappa shape index (κ1) is 19.5. The van der Waals surface area contributed by atoms with Crippen LogP contribution >= 0.6 is 11.3 Å². The van der Waals surface area contributed by atoms with Gasteiger partial charge in [0.05, 0.1) is 23.3 Å². The number of para-hydroxylation sites is 1. The van der Waals surface area contributed by atoms with Crippen LogP contribution in [0.15, 0.2) is 66.3 Å². The molecule has 0 unspecified atom stereocenters. The number of carbonyl (C=O) groups excluding carboxylic acids is 2. The molecule has 8 heteroatoms. The van der Waals surface area contributed by atoms with E-state index in [1.54, 1.807) is 28.4 Å². The van der Waals surface area contributed by atoms with E-state index in [4.69, 9.17) is 0 Å². The minimum Gasteiger partial charge on any atom is -0.325 e. The predicted octanol–water partition coefficient (Wildman–Crippen LogP) is 4.51. The molecule has 2 aromatic heterocycles. The lowest BCUT2D eigenvalue weighted by molar-refractivity contribution is -0.114. The molecule has 0 bridgehead atoms. The van der Waals surface area contributed by atoms with E-state index in [2.05, 4.69) is 20.7 Å². The number of carbonyl (C=O) groups is 2. The van der Waals surface area contributed by atoms with Crippen LogP contribution in [0.2, 0.25) is 0 Å². The summed E-state index contributed by atoms with van der Waals surface area (Å²) < 4.78 is 1.77. The first-order valence-electron chi connectivity index (χ1n) is 9.25. The molecule has 4 rings (SSSR count). The molecule has 0 saturated heterocycles. The monoisotopic (exact) mass is 417 g/mol. The van der Waals surface area contributed by atoms with Crippen LogP contribution in [0.3, 0.4) is 0 Å². The third kappa shape index (κ3) is 4.28. The van der Waals surface area contributed by atoms with Crippen LogP contribution in [0.4, 0.5) is 11.4 Å². The molecular formula is C22H19N5O2S. The summed E-state index contributed by atoms with van der Waals surface area (Å²) in [5, 5.41) is 12.3. The Morgan fingerprint density at radius 1 is 1.03 bits per heavy atom. The molecule has 0 radical (unpaired) electrons. The van der Waals surface area contributed by atoms with Crippen molar-refractivity contribution in [2.24, 2.45) is 0 Å². The Kier molecular flexibility index (Phi) is 5.40. The number of benzene rings is 2. The van der Waals surface area contributed by atoms with Gasteiger partial charge in [0.15, 0.2) is 0 Å². The average Bonchev–Trinajstić information content (AvgIpc) is 3.40. The highest BCUT2D eigenvalue weighted by Gasteiger charge is 2.15. The summed E-state index contributed by atoms with van der Waals surface area (Å²) in [5.74, 6) is -0.550. The van der Waals surface area contributed by atoms with Gasteiger partial charge in [0, 0.05) is 24.1 Å². The summed E-state index contributed by atoms with van der Waals surface area (Å²) in [4.78, 5) is 28.6. The quantitative estimate of drug-likeness (QED) is 0.500. The SMILES string of the molecule is CC(=O)Nc1ccc(C)cc1NC(=O)c1csc(-c2cnn(-c3ccccc3)c2)n1. The lowest BCUT2D eigenvalue weighted by Crippen LogP contribution is -2.15. The van der Waals surface area contributed by atoms with Gasteiger partial charge in [0.2, 0.25) is 5.91 Å². The van der Waals surface area contributed by atoms with E-state index in [0.717, 1.165) is 16.8 Å². The third-order valence-electron chi connectivity index (χ3n) is 4.32. The number of nitrogens with one attached hydrogen (secondary N) is 2. The number of amides is 2. The van der Waals surface area contributed by atoms with Gasteiger partial charge in [0.1, 0.15) is 10.7 Å². The van der Waals surface area contributed by atoms with Gasteiger partial charge in [-0.25, -0.2) is 9.67 Å². The van der Waals surface area contributed by atoms with Crippen molar-refractivity contribution < 1.29 is 9.59 Å². The molecule has 7 nitrogen and oxygen atoms in total. The second-order valence-corrected chi connectivity index (χ2v) is 7.59. The molecule has 2 aromatic carbocycles. The van der Waals surface area contributed by atoms with Crippen molar-refractivity contribution in [2.45, 2.75) is 13.8 Å². The first-order chi connectivity index (χ1) is 14.5. The number of nitrogens with zero attached hydrogens (tertiary/aromatic N) is 3. The topological polar surface area (TPSA) is 88.9 Å². The van der Waals surface area contributed by atoms with Gasteiger partial charge in [0.25, 0.3) is 5.91 Å². The molecule has 0 aliphatic rings. The minimum atomic E-state index is -0.342. The van der Waals surface area contributed by atoms with E-state index in [1.807, 2.05) is 49.5 Å². The number of hydrogen-bond donors (Lipinski definition) is 2. The Hall–Kier alpha value is -3.78. The van der Waals surface area contributed by atoms with Crippen molar-refractivity contribution in [3.05, 3.63) is 77.6 Å². The summed E-state index contributed by atoms with van der Waals surface area (Å²) in [6, 6.07) is 15.2. The fourth-order valence-electron chi connectivity index (χ4n) is 2.91. The molecule has 150 valence electrons. The minimum absolute atomic E-state index is 0.208. The van der Waals surface area contributed by atoms with Crippen LogP contribution < -0.4 is 10.6 Å². The average molecular weight is 417 g/mol. The van der Waals surface area contributed by atoms with Gasteiger partial charge in [-0.2, -0.15) is 5.10 Å². The van der Waals surface area contributed by atoms with E-state index in [-0.39, 0.29) is 11.8 Å². The lowest BCUT2D eigenvalue weighted by atomic mass is 10.2. The number of rotatable bonds is 5. The van der Waals surface area contributed by atoms with Crippen molar-refractivity contribution in [2.75, 3.05) is 10.6 Å². The Balaban J connectivity index is 1.54. The Labute approximate surface area is 177 Å². The second kappa shape index (κ2) is 8.30. The summed E-state index contributed by atoms with van der Waals surface area (Å²) in [6.45, 7) is 3.34. The van der Waals surface area contributed by atoms with Crippen molar-refractivity contribution >= 4 is 34.5 Å². The van der Waals surface area contributed by atoms with E-state index in [1.165, 1.54) is 18.3 Å². The van der Waals surface area contributed by atoms with E-state index in [9.17, 15) is 9.59 Å². The van der Waals surface area contributed by atoms with Gasteiger partial charge < -0.3 is 10.6 Å². The Morgan fingerprint density at radius 2 is 1.83 bits per heavy atom. The third-order valence-corrected chi connectivity index (χ3v) is 5.21. The summed E-state index contributed by atoms with van der Waals surface area (Å²) in [7, 11) is 0. The first-order valence-corrected chi connectivity index (χ1v) is 10.1. The fraction of sp³-hybridized carbons (Fsp3) is 0.0909. The van der Waals surface area contributed by atoms with Gasteiger partial charge in [-0.3, -0.25) is 9.59 Å². The second-order valence-electron chi connectivity index (χ2n) is 6.73. The maximum Gasteiger partial charge on any atom is 0.275 e. The van der Waals surface area contributed by atoms with Crippen LogP contribution in [-0.4, -0.2) is 26.6 Å². The summed E-state index contributed by atoms with van der Waals surface area (Å²) in [6.07, 6.45) is 3.61. The molecule has 0 aliphatic heterocycles. The number of hydrogen-bond acceptors (Lipinski definition) is 5. The lowest BCUT2D eigenvalue weighted by Gasteiger charge is -2.11. The molecule has 0 aliphatic carbocycles. The van der Waals surface area contributed by atoms with Gasteiger partial charge in [-0.05, 0) is 36.8 Å². The van der Waals surface area contributed by atoms with E-state index >= 15 is 0 Å². The summed E-state index contributed by atoms with van der Waals surface area (Å²) in [5.41, 5.74) is 4.12. The largest absolute Gasteiger partial charge is 0.325 e. The highest BCUT2D eigenvalue weighted by Crippen LogP contribution is 2.27. The van der Waals surface area contributed by atoms with Gasteiger partial charge in [-0.1, -0.05) is 24.3 Å². The molecule has 0 fully saturated rings. The highest BCUT2D eigenvalue weighted by atomic mass is 32.1. The summed E-state index contributed by atoms with van der Waals surface area (Å²) >= 11 is 1.37. The van der Waals surface area contributed by atoms with Gasteiger partial charge in [-0.15, -0.1) is 11.3 Å². The molecule has 2 N–H and O–H groups in total. The molecule has 0 atom stereocenters. The number of aryl methyl sites for hydroxylation is 1. The van der Waals surface area contributed by atoms with Crippen LogP contribution in [-0.2, 0) is 4.79 Å². The van der Waals surface area contributed by atoms with E-state index in [0.29, 0.717) is 22.1 Å². The molecule has 2 amide bonds. The number of anilines is 2. The zero-order valence-electron chi connectivity index (χ0n) is 16.4. The molecule has 30 heavy (non-hydrogen) atoms. The molecule has 2 heterocycles. The molecule has 4 aromatic rings. The van der Waals surface area contributed by atoms with Crippen LogP contribution in [0, 0.1) is 6.92 Å². The highest BCUT2D eigenvalue weighted by molar-refractivity contribution is 7.13. The molecular weight excluding hydrogens is 398 g/mol. The normalized spacial score (nSPS) is 10.6. The predicted molar refractivity (Wildman–Crippen MR) is 118 cm³/mol. The molecule has 0 spiro atoms. The Bertz CT molecular complexity index is 1210. The standard InChI is InChI=1S/C22H19N5O2S/c1-14-8-9-18(24-15(2)28)19(10-14)25-21(29)20-13-30-22(26-20)16-11-23-27(12-16)17-6-4-3-5-7-17/h3-13H,1-2H3,(H,24,28)(H,25,29). The zero-order chi connectivity index (χ0) is 21.1. The molecule has 0 saturated carbocycles. The van der Waals surface area contributed by atoms with Crippen molar-refractivity contribution in [1.29, 1.82) is 0 Å². The number of thiazole rings is 1. The fourth-order valence-corrected chi connectivity index (χ4v) is 3.69.